The molecule has 0 aliphatic heterocycles. The predicted molar refractivity (Wildman–Crippen MR) is 34.3 cm³/mol. The summed E-state index contributed by atoms with van der Waals surface area (Å²) in [5.41, 5.74) is 5.16. The van der Waals surface area contributed by atoms with E-state index in [9.17, 15) is 0 Å². The molecule has 3 nitrogen and oxygen atoms in total. The van der Waals surface area contributed by atoms with Crippen molar-refractivity contribution >= 4 is 5.82 Å². The molecule has 1 heterocycles. The van der Waals surface area contributed by atoms with Crippen LogP contribution in [0.15, 0.2) is 12.3 Å². The van der Waals surface area contributed by atoms with Crippen LogP contribution in [0.3, 0.4) is 0 Å². The Hall–Kier alpha value is -0.990. The highest BCUT2D eigenvalue weighted by atomic mass is 15.1. The van der Waals surface area contributed by atoms with Crippen LogP contribution in [0.4, 0.5) is 5.82 Å². The van der Waals surface area contributed by atoms with Gasteiger partial charge < -0.3 is 5.73 Å². The fraction of sp³-hybridized carbons (Fsp3) is 0.400. The lowest BCUT2D eigenvalue weighted by Crippen LogP contribution is -1.81. The molecule has 0 atom stereocenters. The van der Waals surface area contributed by atoms with Crippen LogP contribution in [0.2, 0.25) is 0 Å². The smallest absolute Gasteiger partial charge is 0.118 e. The summed E-state index contributed by atoms with van der Waals surface area (Å²) in [6.45, 7) is 4.00. The zero-order valence-corrected chi connectivity index (χ0v) is 5.18. The van der Waals surface area contributed by atoms with Gasteiger partial charge in [-0.05, 0) is 6.07 Å². The Bertz CT molecular complexity index is 111. The standard InChI is InChI=1S/C3H5N3.C2H6/c4-3-1-2-5-6-3;1-2/h1-2H,(H3,4,5,6);1-2H3. The zero-order chi connectivity index (χ0) is 6.41. The summed E-state index contributed by atoms with van der Waals surface area (Å²) in [6, 6.07) is 1.69. The molecule has 3 heteroatoms. The summed E-state index contributed by atoms with van der Waals surface area (Å²) in [4.78, 5) is 0. The number of aromatic nitrogens is 2. The van der Waals surface area contributed by atoms with Gasteiger partial charge in [0.05, 0.1) is 6.20 Å². The maximum Gasteiger partial charge on any atom is 0.118 e. The van der Waals surface area contributed by atoms with Crippen LogP contribution in [0.1, 0.15) is 13.8 Å². The second-order valence-corrected chi connectivity index (χ2v) is 1.01. The first-order valence-electron chi connectivity index (χ1n) is 2.64. The molecule has 46 valence electrons. The van der Waals surface area contributed by atoms with Crippen LogP contribution in [0, 0.1) is 0 Å². The molecule has 0 aliphatic carbocycles. The van der Waals surface area contributed by atoms with Crippen molar-refractivity contribution in [2.75, 3.05) is 5.73 Å². The highest BCUT2D eigenvalue weighted by molar-refractivity contribution is 5.22. The molecule has 0 aromatic carbocycles. The Morgan fingerprint density at radius 2 is 2.25 bits per heavy atom. The number of nitrogens with zero attached hydrogens (tertiary/aromatic N) is 1. The first-order valence-corrected chi connectivity index (χ1v) is 2.64. The minimum absolute atomic E-state index is 0.606. The van der Waals surface area contributed by atoms with Crippen molar-refractivity contribution in [3.05, 3.63) is 12.3 Å². The van der Waals surface area contributed by atoms with Crippen molar-refractivity contribution in [1.82, 2.24) is 10.2 Å². The first-order chi connectivity index (χ1) is 3.89. The number of nitrogen functional groups attached to an aromatic ring is 1. The average Bonchev–Trinajstić information content (AvgIpc) is 2.24. The number of hydrogen-bond donors (Lipinski definition) is 2. The quantitative estimate of drug-likeness (QED) is 0.527. The van der Waals surface area contributed by atoms with Gasteiger partial charge in [0.1, 0.15) is 5.82 Å². The average molecular weight is 113 g/mol. The Kier molecular flexibility index (Phi) is 3.66. The third-order valence-corrected chi connectivity index (χ3v) is 0.522. The van der Waals surface area contributed by atoms with E-state index in [0.29, 0.717) is 5.82 Å². The Labute approximate surface area is 48.9 Å². The lowest BCUT2D eigenvalue weighted by molar-refractivity contribution is 1.10. The lowest BCUT2D eigenvalue weighted by atomic mass is 10.7. The van der Waals surface area contributed by atoms with Crippen molar-refractivity contribution in [3.8, 4) is 0 Å². The number of aromatic amines is 1. The van der Waals surface area contributed by atoms with Gasteiger partial charge in [0.2, 0.25) is 0 Å². The SMILES string of the molecule is CC.Nc1ccn[nH]1. The Morgan fingerprint density at radius 3 is 2.38 bits per heavy atom. The lowest BCUT2D eigenvalue weighted by Gasteiger charge is -1.70. The fourth-order valence-electron chi connectivity index (χ4n) is 0.267. The van der Waals surface area contributed by atoms with Crippen molar-refractivity contribution in [2.45, 2.75) is 13.8 Å². The molecular formula is C5H11N3. The molecule has 3 N–H and O–H groups in total. The maximum absolute atomic E-state index is 5.16. The van der Waals surface area contributed by atoms with Gasteiger partial charge in [-0.2, -0.15) is 5.10 Å². The van der Waals surface area contributed by atoms with E-state index in [0.717, 1.165) is 0 Å². The van der Waals surface area contributed by atoms with Gasteiger partial charge in [-0.1, -0.05) is 13.8 Å². The molecule has 0 aliphatic rings. The molecule has 0 saturated carbocycles. The molecule has 0 saturated heterocycles. The number of H-pyrrole nitrogens is 1. The summed E-state index contributed by atoms with van der Waals surface area (Å²) in [7, 11) is 0. The number of anilines is 1. The highest BCUT2D eigenvalue weighted by Crippen LogP contribution is 1.86. The van der Waals surface area contributed by atoms with Gasteiger partial charge in [-0.3, -0.25) is 5.10 Å². The second-order valence-electron chi connectivity index (χ2n) is 1.01. The van der Waals surface area contributed by atoms with E-state index in [-0.39, 0.29) is 0 Å². The van der Waals surface area contributed by atoms with E-state index in [2.05, 4.69) is 10.2 Å². The van der Waals surface area contributed by atoms with E-state index in [1.54, 1.807) is 12.3 Å². The van der Waals surface area contributed by atoms with E-state index in [1.165, 1.54) is 0 Å². The summed E-state index contributed by atoms with van der Waals surface area (Å²) < 4.78 is 0. The molecule has 0 bridgehead atoms. The first kappa shape index (κ1) is 7.01. The van der Waals surface area contributed by atoms with E-state index in [4.69, 9.17) is 5.73 Å². The van der Waals surface area contributed by atoms with Crippen molar-refractivity contribution < 1.29 is 0 Å². The summed E-state index contributed by atoms with van der Waals surface area (Å²) in [5.74, 6) is 0.606. The molecule has 0 amide bonds. The van der Waals surface area contributed by atoms with Gasteiger partial charge in [0, 0.05) is 0 Å². The van der Waals surface area contributed by atoms with Crippen LogP contribution in [-0.2, 0) is 0 Å². The number of rotatable bonds is 0. The van der Waals surface area contributed by atoms with Gasteiger partial charge in [-0.25, -0.2) is 0 Å². The molecule has 0 spiro atoms. The van der Waals surface area contributed by atoms with Crippen molar-refractivity contribution in [3.63, 3.8) is 0 Å². The van der Waals surface area contributed by atoms with E-state index < -0.39 is 0 Å². The molecule has 0 unspecified atom stereocenters. The van der Waals surface area contributed by atoms with Crippen LogP contribution in [-0.4, -0.2) is 10.2 Å². The van der Waals surface area contributed by atoms with Crippen molar-refractivity contribution in [1.29, 1.82) is 0 Å². The molecular weight excluding hydrogens is 102 g/mol. The summed E-state index contributed by atoms with van der Waals surface area (Å²) in [5, 5.41) is 6.10. The van der Waals surface area contributed by atoms with Gasteiger partial charge in [0.15, 0.2) is 0 Å². The minimum Gasteiger partial charge on any atom is -0.384 e. The second kappa shape index (κ2) is 4.18. The third kappa shape index (κ3) is 2.23. The molecule has 8 heavy (non-hydrogen) atoms. The van der Waals surface area contributed by atoms with E-state index in [1.807, 2.05) is 13.8 Å². The van der Waals surface area contributed by atoms with E-state index >= 15 is 0 Å². The summed E-state index contributed by atoms with van der Waals surface area (Å²) in [6.07, 6.45) is 1.61. The molecule has 0 fully saturated rings. The zero-order valence-electron chi connectivity index (χ0n) is 5.18. The maximum atomic E-state index is 5.16. The highest BCUT2D eigenvalue weighted by Gasteiger charge is 1.74. The van der Waals surface area contributed by atoms with Crippen LogP contribution >= 0.6 is 0 Å². The minimum atomic E-state index is 0.606. The molecule has 1 aromatic heterocycles. The van der Waals surface area contributed by atoms with Crippen LogP contribution < -0.4 is 5.73 Å². The number of nitrogens with two attached hydrogens (primary N) is 1. The normalized spacial score (nSPS) is 7.25. The van der Waals surface area contributed by atoms with Gasteiger partial charge in [-0.15, -0.1) is 0 Å². The third-order valence-electron chi connectivity index (χ3n) is 0.522. The van der Waals surface area contributed by atoms with Crippen molar-refractivity contribution in [2.24, 2.45) is 0 Å². The van der Waals surface area contributed by atoms with Crippen LogP contribution in [0.5, 0.6) is 0 Å². The summed E-state index contributed by atoms with van der Waals surface area (Å²) >= 11 is 0. The number of hydrogen-bond acceptors (Lipinski definition) is 2. The van der Waals surface area contributed by atoms with Gasteiger partial charge >= 0.3 is 0 Å². The fourth-order valence-corrected chi connectivity index (χ4v) is 0.267. The van der Waals surface area contributed by atoms with Gasteiger partial charge in [0.25, 0.3) is 0 Å². The largest absolute Gasteiger partial charge is 0.384 e. The molecule has 1 rings (SSSR count). The predicted octanol–water partition coefficient (Wildman–Crippen LogP) is 1.02. The topological polar surface area (TPSA) is 54.7 Å². The molecule has 1 aromatic rings. The number of nitrogens with one attached hydrogen (secondary N) is 1. The molecule has 0 radical (unpaired) electrons. The van der Waals surface area contributed by atoms with Crippen LogP contribution in [0.25, 0.3) is 0 Å². The Balaban J connectivity index is 0.000000222. The Morgan fingerprint density at radius 1 is 1.62 bits per heavy atom. The monoisotopic (exact) mass is 113 g/mol.